The second kappa shape index (κ2) is 6.20. The minimum atomic E-state index is -0.410. The van der Waals surface area contributed by atoms with Crippen molar-refractivity contribution in [2.45, 2.75) is 23.0 Å². The molecule has 0 aromatic heterocycles. The van der Waals surface area contributed by atoms with Crippen LogP contribution in [0.5, 0.6) is 0 Å². The van der Waals surface area contributed by atoms with Crippen LogP contribution in [0.2, 0.25) is 0 Å². The first kappa shape index (κ1) is 17.2. The largest absolute Gasteiger partial charge is 0.462 e. The number of carbonyl (C=O) groups excluding carboxylic acids is 3. The zero-order chi connectivity index (χ0) is 17.9. The second-order valence-electron chi connectivity index (χ2n) is 6.78. The molecule has 4 rings (SSSR count). The third kappa shape index (κ3) is 2.42. The van der Waals surface area contributed by atoms with Crippen molar-refractivity contribution in [2.75, 3.05) is 11.5 Å². The van der Waals surface area contributed by atoms with E-state index in [-0.39, 0.29) is 45.1 Å². The summed E-state index contributed by atoms with van der Waals surface area (Å²) < 4.78 is 4.96. The van der Waals surface area contributed by atoms with Crippen LogP contribution < -0.4 is 4.90 Å². The average molecular weight is 471 g/mol. The molecule has 7 heteroatoms. The molecule has 2 amide bonds. The van der Waals surface area contributed by atoms with Crippen LogP contribution in [0.25, 0.3) is 0 Å². The van der Waals surface area contributed by atoms with E-state index >= 15 is 0 Å². The Morgan fingerprint density at radius 2 is 1.60 bits per heavy atom. The zero-order valence-electron chi connectivity index (χ0n) is 13.5. The van der Waals surface area contributed by atoms with Crippen molar-refractivity contribution < 1.29 is 19.1 Å². The van der Waals surface area contributed by atoms with Crippen LogP contribution in [-0.4, -0.2) is 34.0 Å². The second-order valence-corrected chi connectivity index (χ2v) is 8.90. The lowest BCUT2D eigenvalue weighted by Crippen LogP contribution is -2.37. The van der Waals surface area contributed by atoms with Crippen molar-refractivity contribution in [2.24, 2.45) is 23.7 Å². The van der Waals surface area contributed by atoms with Gasteiger partial charge in [-0.3, -0.25) is 14.5 Å². The van der Waals surface area contributed by atoms with Gasteiger partial charge in [-0.15, -0.1) is 0 Å². The number of nitrogens with zero attached hydrogens (tertiary/aromatic N) is 1. The number of imide groups is 1. The Morgan fingerprint density at radius 3 is 2.08 bits per heavy atom. The summed E-state index contributed by atoms with van der Waals surface area (Å²) in [6.45, 7) is 2.05. The molecular weight excluding hydrogens is 454 g/mol. The van der Waals surface area contributed by atoms with E-state index in [2.05, 4.69) is 31.9 Å². The number of amides is 2. The van der Waals surface area contributed by atoms with Crippen molar-refractivity contribution in [1.82, 2.24) is 0 Å². The number of carbonyl (C=O) groups is 3. The highest BCUT2D eigenvalue weighted by atomic mass is 79.9. The molecule has 5 nitrogen and oxygen atoms in total. The number of halogens is 2. The summed E-state index contributed by atoms with van der Waals surface area (Å²) in [6, 6.07) is 6.47. The molecule has 3 fully saturated rings. The molecule has 3 aliphatic rings. The number of alkyl halides is 2. The van der Waals surface area contributed by atoms with Gasteiger partial charge in [0, 0.05) is 9.65 Å². The SMILES string of the molecule is CCOC(=O)c1ccc(N2C(=O)[C@@H]3[C@H]4C[C@@H]([C@@H](Br)[C@H]4Br)[C@H]3C2=O)cc1. The Morgan fingerprint density at radius 1 is 1.08 bits per heavy atom. The predicted molar refractivity (Wildman–Crippen MR) is 98.9 cm³/mol. The molecule has 1 aromatic carbocycles. The van der Waals surface area contributed by atoms with E-state index in [0.717, 1.165) is 6.42 Å². The van der Waals surface area contributed by atoms with Crippen molar-refractivity contribution >= 4 is 55.3 Å². The lowest BCUT2D eigenvalue weighted by atomic mass is 9.81. The van der Waals surface area contributed by atoms with Crippen molar-refractivity contribution in [3.05, 3.63) is 29.8 Å². The van der Waals surface area contributed by atoms with Crippen molar-refractivity contribution in [3.8, 4) is 0 Å². The molecular formula is C18H17Br2NO4. The first-order valence-corrected chi connectivity index (χ1v) is 10.2. The third-order valence-corrected chi connectivity index (χ3v) is 8.83. The lowest BCUT2D eigenvalue weighted by Gasteiger charge is -2.28. The maximum atomic E-state index is 12.9. The fourth-order valence-electron chi connectivity index (χ4n) is 4.56. The maximum Gasteiger partial charge on any atom is 0.338 e. The van der Waals surface area contributed by atoms with E-state index in [1.54, 1.807) is 31.2 Å². The highest BCUT2D eigenvalue weighted by molar-refractivity contribution is 9.12. The van der Waals surface area contributed by atoms with Crippen LogP contribution in [0.3, 0.4) is 0 Å². The van der Waals surface area contributed by atoms with E-state index in [9.17, 15) is 14.4 Å². The van der Waals surface area contributed by atoms with Crippen molar-refractivity contribution in [3.63, 3.8) is 0 Å². The molecule has 6 atom stereocenters. The molecule has 2 aliphatic carbocycles. The van der Waals surface area contributed by atoms with E-state index in [1.807, 2.05) is 0 Å². The van der Waals surface area contributed by atoms with Crippen LogP contribution in [0, 0.1) is 23.7 Å². The third-order valence-electron chi connectivity index (χ3n) is 5.62. The standard InChI is InChI=1S/C18H17Br2NO4/c1-2-25-18(24)8-3-5-9(6-4-8)21-16(22)12-10-7-11(13(12)17(21)23)15(20)14(10)19/h3-6,10-15H,2,7H2,1H3/t10-,11-,12-,13-,14-,15+/m1/s1. The molecule has 132 valence electrons. The summed E-state index contributed by atoms with van der Waals surface area (Å²) in [5.41, 5.74) is 0.931. The van der Waals surface area contributed by atoms with Crippen molar-refractivity contribution in [1.29, 1.82) is 0 Å². The van der Waals surface area contributed by atoms with E-state index in [4.69, 9.17) is 4.74 Å². The minimum absolute atomic E-state index is 0.116. The average Bonchev–Trinajstić information content (AvgIpc) is 3.20. The van der Waals surface area contributed by atoms with Crippen LogP contribution in [0.1, 0.15) is 23.7 Å². The topological polar surface area (TPSA) is 63.7 Å². The number of esters is 1. The zero-order valence-corrected chi connectivity index (χ0v) is 16.7. The van der Waals surface area contributed by atoms with Crippen LogP contribution in [0.4, 0.5) is 5.69 Å². The molecule has 1 aliphatic heterocycles. The van der Waals surface area contributed by atoms with Gasteiger partial charge in [0.25, 0.3) is 0 Å². The van der Waals surface area contributed by atoms with E-state index in [0.29, 0.717) is 17.9 Å². The molecule has 0 radical (unpaired) electrons. The summed E-state index contributed by atoms with van der Waals surface area (Å²) in [4.78, 5) is 39.4. The van der Waals surface area contributed by atoms with Gasteiger partial charge in [0.05, 0.1) is 29.7 Å². The molecule has 0 unspecified atom stereocenters. The van der Waals surface area contributed by atoms with Gasteiger partial charge < -0.3 is 4.74 Å². The van der Waals surface area contributed by atoms with Crippen LogP contribution in [-0.2, 0) is 14.3 Å². The quantitative estimate of drug-likeness (QED) is 0.386. The number of hydrogen-bond donors (Lipinski definition) is 0. The fraction of sp³-hybridized carbons (Fsp3) is 0.500. The Bertz CT molecular complexity index is 718. The van der Waals surface area contributed by atoms with Gasteiger partial charge in [0.15, 0.2) is 0 Å². The van der Waals surface area contributed by atoms with Gasteiger partial charge in [-0.2, -0.15) is 0 Å². The van der Waals surface area contributed by atoms with E-state index in [1.165, 1.54) is 4.90 Å². The Hall–Kier alpha value is -1.21. The van der Waals surface area contributed by atoms with Crippen LogP contribution in [0.15, 0.2) is 24.3 Å². The summed E-state index contributed by atoms with van der Waals surface area (Å²) in [5, 5.41) is 0. The molecule has 0 N–H and O–H groups in total. The highest BCUT2D eigenvalue weighted by Crippen LogP contribution is 2.60. The van der Waals surface area contributed by atoms with Gasteiger partial charge in [-0.05, 0) is 49.4 Å². The number of anilines is 1. The Balaban J connectivity index is 1.61. The molecule has 2 saturated carbocycles. The monoisotopic (exact) mass is 469 g/mol. The Kier molecular flexibility index (Phi) is 4.27. The number of rotatable bonds is 3. The molecule has 0 spiro atoms. The van der Waals surface area contributed by atoms with Gasteiger partial charge >= 0.3 is 5.97 Å². The molecule has 1 saturated heterocycles. The van der Waals surface area contributed by atoms with Gasteiger partial charge in [-0.1, -0.05) is 31.9 Å². The lowest BCUT2D eigenvalue weighted by molar-refractivity contribution is -0.123. The van der Waals surface area contributed by atoms with Gasteiger partial charge in [0.1, 0.15) is 0 Å². The molecule has 2 bridgehead atoms. The number of ether oxygens (including phenoxy) is 1. The minimum Gasteiger partial charge on any atom is -0.462 e. The summed E-state index contributed by atoms with van der Waals surface area (Å²) in [7, 11) is 0. The highest BCUT2D eigenvalue weighted by Gasteiger charge is 2.66. The summed E-state index contributed by atoms with van der Waals surface area (Å²) >= 11 is 7.36. The Labute approximate surface area is 162 Å². The summed E-state index contributed by atoms with van der Waals surface area (Å²) in [5.74, 6) is -0.724. The van der Waals surface area contributed by atoms with Crippen LogP contribution >= 0.6 is 31.9 Å². The fourth-order valence-corrected chi connectivity index (χ4v) is 6.44. The number of benzene rings is 1. The number of hydrogen-bond acceptors (Lipinski definition) is 4. The van der Waals surface area contributed by atoms with Gasteiger partial charge in [-0.25, -0.2) is 4.79 Å². The smallest absolute Gasteiger partial charge is 0.338 e. The summed E-state index contributed by atoms with van der Waals surface area (Å²) in [6.07, 6.45) is 0.911. The van der Waals surface area contributed by atoms with E-state index < -0.39 is 5.97 Å². The predicted octanol–water partition coefficient (Wildman–Crippen LogP) is 3.15. The number of fused-ring (bicyclic) bond motifs is 5. The van der Waals surface area contributed by atoms with Gasteiger partial charge in [0.2, 0.25) is 11.8 Å². The molecule has 1 aromatic rings. The first-order valence-electron chi connectivity index (χ1n) is 8.38. The molecule has 1 heterocycles. The molecule has 25 heavy (non-hydrogen) atoms. The first-order chi connectivity index (χ1) is 12.0. The normalized spacial score (nSPS) is 36.0. The maximum absolute atomic E-state index is 12.9.